The largest absolute Gasteiger partial charge is 0.482 e. The number of benzene rings is 2. The number of hydrogen-bond donors (Lipinski definition) is 1. The van der Waals surface area contributed by atoms with E-state index >= 15 is 0 Å². The molecule has 30 heavy (non-hydrogen) atoms. The predicted molar refractivity (Wildman–Crippen MR) is 122 cm³/mol. The van der Waals surface area contributed by atoms with Gasteiger partial charge in [-0.15, -0.1) is 10.2 Å². The number of carbonyl (C=O) groups is 1. The fourth-order valence-electron chi connectivity index (χ4n) is 2.82. The van der Waals surface area contributed by atoms with Gasteiger partial charge in [-0.25, -0.2) is 0 Å². The Hall–Kier alpha value is -2.22. The second-order valence-corrected chi connectivity index (χ2v) is 8.52. The number of amides is 1. The van der Waals surface area contributed by atoms with E-state index in [9.17, 15) is 4.79 Å². The quantitative estimate of drug-likeness (QED) is 0.460. The molecule has 1 amide bonds. The lowest BCUT2D eigenvalue weighted by Gasteiger charge is -2.17. The van der Waals surface area contributed by atoms with Crippen LogP contribution in [0.2, 0.25) is 10.0 Å². The van der Waals surface area contributed by atoms with Crippen molar-refractivity contribution in [2.24, 2.45) is 7.05 Å². The molecule has 2 aromatic carbocycles. The molecule has 1 unspecified atom stereocenters. The maximum Gasteiger partial charge on any atom is 0.234 e. The van der Waals surface area contributed by atoms with Crippen molar-refractivity contribution >= 4 is 46.6 Å². The first-order valence-electron chi connectivity index (χ1n) is 9.26. The average Bonchev–Trinajstić information content (AvgIpc) is 3.08. The van der Waals surface area contributed by atoms with Crippen LogP contribution in [0.15, 0.2) is 41.6 Å². The highest BCUT2D eigenvalue weighted by Crippen LogP contribution is 2.30. The zero-order valence-corrected chi connectivity index (χ0v) is 19.4. The van der Waals surface area contributed by atoms with Crippen LogP contribution in [0.1, 0.15) is 30.0 Å². The normalized spacial score (nSPS) is 11.9. The van der Waals surface area contributed by atoms with E-state index in [2.05, 4.69) is 15.5 Å². The maximum absolute atomic E-state index is 12.3. The number of nitrogens with one attached hydrogen (secondary N) is 1. The number of aromatic nitrogens is 3. The number of ether oxygens (including phenoxy) is 1. The molecule has 0 fully saturated rings. The van der Waals surface area contributed by atoms with Crippen LogP contribution < -0.4 is 10.1 Å². The Morgan fingerprint density at radius 2 is 1.93 bits per heavy atom. The molecule has 0 aliphatic carbocycles. The average molecular weight is 465 g/mol. The van der Waals surface area contributed by atoms with Crippen LogP contribution in [0.25, 0.3) is 0 Å². The Balaban J connectivity index is 1.63. The molecule has 1 heterocycles. The number of anilines is 1. The number of nitrogens with zero attached hydrogens (tertiary/aromatic N) is 3. The molecule has 1 N–H and O–H groups in total. The van der Waals surface area contributed by atoms with Gasteiger partial charge < -0.3 is 14.6 Å². The molecule has 6 nitrogen and oxygen atoms in total. The molecule has 0 bridgehead atoms. The van der Waals surface area contributed by atoms with Crippen molar-refractivity contribution in [2.75, 3.05) is 11.1 Å². The third kappa shape index (κ3) is 5.09. The van der Waals surface area contributed by atoms with Gasteiger partial charge in [0.05, 0.1) is 21.5 Å². The molecule has 0 spiro atoms. The zero-order chi connectivity index (χ0) is 21.8. The lowest BCUT2D eigenvalue weighted by molar-refractivity contribution is -0.113. The molecule has 158 valence electrons. The molecule has 3 rings (SSSR count). The van der Waals surface area contributed by atoms with Gasteiger partial charge in [0.2, 0.25) is 5.91 Å². The minimum absolute atomic E-state index is 0.154. The van der Waals surface area contributed by atoms with Gasteiger partial charge >= 0.3 is 0 Å². The summed E-state index contributed by atoms with van der Waals surface area (Å²) in [6.45, 7) is 6.00. The van der Waals surface area contributed by atoms with Crippen molar-refractivity contribution < 1.29 is 9.53 Å². The van der Waals surface area contributed by atoms with Crippen molar-refractivity contribution in [2.45, 2.75) is 32.0 Å². The van der Waals surface area contributed by atoms with E-state index in [1.807, 2.05) is 50.6 Å². The maximum atomic E-state index is 12.3. The fourth-order valence-corrected chi connectivity index (χ4v) is 3.88. The van der Waals surface area contributed by atoms with Crippen molar-refractivity contribution in [1.29, 1.82) is 0 Å². The zero-order valence-electron chi connectivity index (χ0n) is 17.1. The first-order valence-corrected chi connectivity index (χ1v) is 11.0. The molecule has 0 radical (unpaired) electrons. The second-order valence-electron chi connectivity index (χ2n) is 6.80. The number of halogens is 2. The second kappa shape index (κ2) is 9.73. The summed E-state index contributed by atoms with van der Waals surface area (Å²) in [4.78, 5) is 12.3. The third-order valence-corrected chi connectivity index (χ3v) is 6.49. The first-order chi connectivity index (χ1) is 14.3. The Kier molecular flexibility index (Phi) is 7.28. The minimum Gasteiger partial charge on any atom is -0.482 e. The summed E-state index contributed by atoms with van der Waals surface area (Å²) in [5.74, 6) is 1.43. The van der Waals surface area contributed by atoms with Crippen molar-refractivity contribution in [3.05, 3.63) is 63.4 Å². The van der Waals surface area contributed by atoms with Crippen LogP contribution in [0.3, 0.4) is 0 Å². The van der Waals surface area contributed by atoms with E-state index in [1.165, 1.54) is 17.3 Å². The molecule has 0 saturated carbocycles. The van der Waals surface area contributed by atoms with E-state index in [0.717, 1.165) is 11.3 Å². The Morgan fingerprint density at radius 3 is 2.70 bits per heavy atom. The van der Waals surface area contributed by atoms with Gasteiger partial charge in [0, 0.05) is 7.05 Å². The summed E-state index contributed by atoms with van der Waals surface area (Å²) in [7, 11) is 1.85. The van der Waals surface area contributed by atoms with Gasteiger partial charge in [0.25, 0.3) is 0 Å². The van der Waals surface area contributed by atoms with Crippen LogP contribution in [0, 0.1) is 13.8 Å². The van der Waals surface area contributed by atoms with Crippen molar-refractivity contribution in [1.82, 2.24) is 14.8 Å². The SMILES string of the molecule is Cc1cccc(OC(C)c2nnc(SCC(=O)Nc3cccc(Cl)c3Cl)n2C)c1C. The number of carbonyl (C=O) groups excluding carboxylic acids is 1. The molecule has 0 saturated heterocycles. The van der Waals surface area contributed by atoms with E-state index in [-0.39, 0.29) is 17.8 Å². The van der Waals surface area contributed by atoms with E-state index in [0.29, 0.717) is 26.7 Å². The highest BCUT2D eigenvalue weighted by molar-refractivity contribution is 7.99. The summed E-state index contributed by atoms with van der Waals surface area (Å²) in [5, 5.41) is 12.5. The van der Waals surface area contributed by atoms with Crippen molar-refractivity contribution in [3.8, 4) is 5.75 Å². The van der Waals surface area contributed by atoms with Crippen LogP contribution in [0.4, 0.5) is 5.69 Å². The van der Waals surface area contributed by atoms with Gasteiger partial charge in [-0.05, 0) is 50.1 Å². The number of aryl methyl sites for hydroxylation is 1. The number of thioether (sulfide) groups is 1. The lowest BCUT2D eigenvalue weighted by atomic mass is 10.1. The smallest absolute Gasteiger partial charge is 0.234 e. The molecule has 1 atom stereocenters. The van der Waals surface area contributed by atoms with E-state index in [4.69, 9.17) is 27.9 Å². The van der Waals surface area contributed by atoms with Crippen LogP contribution in [0.5, 0.6) is 5.75 Å². The molecule has 0 aliphatic heterocycles. The summed E-state index contributed by atoms with van der Waals surface area (Å²) in [6.07, 6.45) is -0.295. The Labute approximate surface area is 189 Å². The van der Waals surface area contributed by atoms with Gasteiger partial charge in [0.15, 0.2) is 17.1 Å². The Bertz CT molecular complexity index is 1070. The highest BCUT2D eigenvalue weighted by Gasteiger charge is 2.19. The van der Waals surface area contributed by atoms with Gasteiger partial charge in [-0.1, -0.05) is 53.2 Å². The lowest BCUT2D eigenvalue weighted by Crippen LogP contribution is -2.15. The monoisotopic (exact) mass is 464 g/mol. The summed E-state index contributed by atoms with van der Waals surface area (Å²) in [5.41, 5.74) is 2.74. The molecular weight excluding hydrogens is 443 g/mol. The van der Waals surface area contributed by atoms with Gasteiger partial charge in [-0.3, -0.25) is 4.79 Å². The number of hydrogen-bond acceptors (Lipinski definition) is 5. The van der Waals surface area contributed by atoms with Gasteiger partial charge in [0.1, 0.15) is 5.75 Å². The number of rotatable bonds is 7. The van der Waals surface area contributed by atoms with Crippen molar-refractivity contribution in [3.63, 3.8) is 0 Å². The first kappa shape index (κ1) is 22.5. The van der Waals surface area contributed by atoms with Gasteiger partial charge in [-0.2, -0.15) is 0 Å². The summed E-state index contributed by atoms with van der Waals surface area (Å²) < 4.78 is 7.93. The molecule has 3 aromatic rings. The molecular formula is C21H22Cl2N4O2S. The topological polar surface area (TPSA) is 69.0 Å². The van der Waals surface area contributed by atoms with Crippen LogP contribution in [-0.2, 0) is 11.8 Å². The molecule has 1 aromatic heterocycles. The van der Waals surface area contributed by atoms with E-state index in [1.54, 1.807) is 18.2 Å². The van der Waals surface area contributed by atoms with Crippen LogP contribution >= 0.6 is 35.0 Å². The van der Waals surface area contributed by atoms with Crippen LogP contribution in [-0.4, -0.2) is 26.4 Å². The third-order valence-electron chi connectivity index (χ3n) is 4.65. The van der Waals surface area contributed by atoms with E-state index < -0.39 is 0 Å². The summed E-state index contributed by atoms with van der Waals surface area (Å²) >= 11 is 13.4. The molecule has 0 aliphatic rings. The Morgan fingerprint density at radius 1 is 1.20 bits per heavy atom. The minimum atomic E-state index is -0.295. The summed E-state index contributed by atoms with van der Waals surface area (Å²) in [6, 6.07) is 11.0. The molecule has 9 heteroatoms. The highest BCUT2D eigenvalue weighted by atomic mass is 35.5. The fraction of sp³-hybridized carbons (Fsp3) is 0.286. The standard InChI is InChI=1S/C21H22Cl2N4O2S/c1-12-7-5-10-17(13(12)2)29-14(3)20-25-26-21(27(20)4)30-11-18(28)24-16-9-6-8-15(22)19(16)23/h5-10,14H,11H2,1-4H3,(H,24,28). The predicted octanol–water partition coefficient (Wildman–Crippen LogP) is 5.61.